The Bertz CT molecular complexity index is 1070. The van der Waals surface area contributed by atoms with Crippen molar-refractivity contribution < 1.29 is 28.7 Å². The summed E-state index contributed by atoms with van der Waals surface area (Å²) >= 11 is 6.19. The summed E-state index contributed by atoms with van der Waals surface area (Å²) in [5, 5.41) is 5.93. The van der Waals surface area contributed by atoms with E-state index in [1.807, 2.05) is 34.6 Å². The van der Waals surface area contributed by atoms with Gasteiger partial charge in [-0.3, -0.25) is 19.2 Å². The number of benzene rings is 1. The van der Waals surface area contributed by atoms with E-state index in [1.54, 1.807) is 37.4 Å². The number of esters is 1. The first-order valence-electron chi connectivity index (χ1n) is 12.0. The average molecular weight is 520 g/mol. The first kappa shape index (κ1) is 27.7. The lowest BCUT2D eigenvalue weighted by Crippen LogP contribution is -2.58. The monoisotopic (exact) mass is 519 g/mol. The van der Waals surface area contributed by atoms with E-state index in [9.17, 15) is 19.2 Å². The molecule has 10 heteroatoms. The molecule has 3 amide bonds. The van der Waals surface area contributed by atoms with Crippen LogP contribution in [0.2, 0.25) is 5.02 Å². The lowest BCUT2D eigenvalue weighted by molar-refractivity contribution is -0.164. The van der Waals surface area contributed by atoms with Gasteiger partial charge in [-0.05, 0) is 31.4 Å². The minimum absolute atomic E-state index is 0.0175. The fourth-order valence-corrected chi connectivity index (χ4v) is 4.57. The number of amides is 3. The number of ether oxygens (including phenoxy) is 2. The van der Waals surface area contributed by atoms with Crippen molar-refractivity contribution >= 4 is 35.3 Å². The van der Waals surface area contributed by atoms with Gasteiger partial charge >= 0.3 is 5.97 Å². The van der Waals surface area contributed by atoms with E-state index in [0.717, 1.165) is 5.57 Å². The van der Waals surface area contributed by atoms with Crippen LogP contribution in [0.1, 0.15) is 58.3 Å². The molecule has 5 atom stereocenters. The SMILES string of the molecule is CCOC1OC(=O)CC1NC(=O)C1C(C)C(C)=CN1C(=O)C(NC(=O)c1ccccc1Cl)C(C)(C)C. The highest BCUT2D eigenvalue weighted by atomic mass is 35.5. The van der Waals surface area contributed by atoms with E-state index >= 15 is 0 Å². The molecule has 3 rings (SSSR count). The summed E-state index contributed by atoms with van der Waals surface area (Å²) in [5.41, 5.74) is 0.424. The normalized spacial score (nSPS) is 24.7. The second-order valence-corrected chi connectivity index (χ2v) is 10.6. The molecule has 2 N–H and O–H groups in total. The minimum atomic E-state index is -0.946. The molecule has 2 aliphatic heterocycles. The largest absolute Gasteiger partial charge is 0.433 e. The molecule has 1 saturated heterocycles. The number of rotatable bonds is 7. The van der Waals surface area contributed by atoms with Crippen molar-refractivity contribution in [3.63, 3.8) is 0 Å². The molecule has 0 bridgehead atoms. The molecule has 0 aliphatic carbocycles. The first-order chi connectivity index (χ1) is 16.8. The maximum Gasteiger partial charge on any atom is 0.310 e. The number of halogens is 1. The topological polar surface area (TPSA) is 114 Å². The molecule has 2 aliphatic rings. The van der Waals surface area contributed by atoms with Gasteiger partial charge < -0.3 is 25.0 Å². The highest BCUT2D eigenvalue weighted by Gasteiger charge is 2.46. The van der Waals surface area contributed by atoms with Gasteiger partial charge in [0.05, 0.1) is 17.0 Å². The third-order valence-corrected chi connectivity index (χ3v) is 6.82. The summed E-state index contributed by atoms with van der Waals surface area (Å²) in [4.78, 5) is 53.5. The fraction of sp³-hybridized carbons (Fsp3) is 0.538. The van der Waals surface area contributed by atoms with Crippen LogP contribution >= 0.6 is 11.6 Å². The Kier molecular flexibility index (Phi) is 8.46. The quantitative estimate of drug-likeness (QED) is 0.535. The van der Waals surface area contributed by atoms with Gasteiger partial charge in [0.15, 0.2) is 0 Å². The van der Waals surface area contributed by atoms with Crippen LogP contribution < -0.4 is 10.6 Å². The Morgan fingerprint density at radius 2 is 1.92 bits per heavy atom. The van der Waals surface area contributed by atoms with E-state index < -0.39 is 53.5 Å². The first-order valence-corrected chi connectivity index (χ1v) is 12.4. The van der Waals surface area contributed by atoms with E-state index in [-0.39, 0.29) is 22.9 Å². The van der Waals surface area contributed by atoms with Gasteiger partial charge in [-0.15, -0.1) is 0 Å². The van der Waals surface area contributed by atoms with Gasteiger partial charge in [0.2, 0.25) is 18.1 Å². The van der Waals surface area contributed by atoms with Crippen LogP contribution in [0.5, 0.6) is 0 Å². The number of hydrogen-bond donors (Lipinski definition) is 2. The fourth-order valence-electron chi connectivity index (χ4n) is 4.35. The summed E-state index contributed by atoms with van der Waals surface area (Å²) in [5.74, 6) is -2.08. The van der Waals surface area contributed by atoms with Gasteiger partial charge in [0.1, 0.15) is 18.1 Å². The van der Waals surface area contributed by atoms with Crippen molar-refractivity contribution in [3.8, 4) is 0 Å². The standard InChI is InChI=1S/C26H34ClN3O6/c1-7-35-25-18(12-19(31)36-25)28-23(33)20-15(3)14(2)13-30(20)24(34)21(26(4,5)6)29-22(32)16-10-8-9-11-17(16)27/h8-11,13,15,18,20-21,25H,7,12H2,1-6H3,(H,28,33)(H,29,32). The molecule has 1 fully saturated rings. The van der Waals surface area contributed by atoms with Gasteiger partial charge in [-0.25, -0.2) is 0 Å². The lowest BCUT2D eigenvalue weighted by Gasteiger charge is -2.36. The van der Waals surface area contributed by atoms with Crippen LogP contribution in [-0.4, -0.2) is 59.6 Å². The molecule has 1 aromatic carbocycles. The van der Waals surface area contributed by atoms with Gasteiger partial charge in [0.25, 0.3) is 5.91 Å². The Balaban J connectivity index is 1.84. The molecule has 9 nitrogen and oxygen atoms in total. The Labute approximate surface area is 216 Å². The summed E-state index contributed by atoms with van der Waals surface area (Å²) < 4.78 is 10.6. The van der Waals surface area contributed by atoms with E-state index in [1.165, 1.54) is 4.90 Å². The van der Waals surface area contributed by atoms with Crippen molar-refractivity contribution in [2.45, 2.75) is 72.4 Å². The Morgan fingerprint density at radius 3 is 2.53 bits per heavy atom. The third-order valence-electron chi connectivity index (χ3n) is 6.49. The minimum Gasteiger partial charge on any atom is -0.433 e. The maximum absolute atomic E-state index is 13.9. The second kappa shape index (κ2) is 11.0. The Morgan fingerprint density at radius 1 is 1.25 bits per heavy atom. The van der Waals surface area contributed by atoms with Crippen molar-refractivity contribution in [3.05, 3.63) is 46.6 Å². The molecular weight excluding hydrogens is 486 g/mol. The zero-order valence-electron chi connectivity index (χ0n) is 21.5. The van der Waals surface area contributed by atoms with Crippen molar-refractivity contribution in [2.24, 2.45) is 11.3 Å². The van der Waals surface area contributed by atoms with Gasteiger partial charge in [-0.2, -0.15) is 0 Å². The summed E-state index contributed by atoms with van der Waals surface area (Å²) in [6, 6.07) is 4.12. The van der Waals surface area contributed by atoms with Crippen LogP contribution in [0.25, 0.3) is 0 Å². The number of carbonyl (C=O) groups is 4. The van der Waals surface area contributed by atoms with Crippen LogP contribution in [0.3, 0.4) is 0 Å². The van der Waals surface area contributed by atoms with Crippen LogP contribution in [-0.2, 0) is 23.9 Å². The number of carbonyl (C=O) groups excluding carboxylic acids is 4. The van der Waals surface area contributed by atoms with Gasteiger partial charge in [0, 0.05) is 18.7 Å². The van der Waals surface area contributed by atoms with E-state index in [2.05, 4.69) is 10.6 Å². The zero-order valence-corrected chi connectivity index (χ0v) is 22.2. The van der Waals surface area contributed by atoms with Gasteiger partial charge in [-0.1, -0.05) is 57.0 Å². The Hall–Kier alpha value is -2.91. The van der Waals surface area contributed by atoms with Crippen LogP contribution in [0, 0.1) is 11.3 Å². The van der Waals surface area contributed by atoms with Crippen LogP contribution in [0.4, 0.5) is 0 Å². The predicted molar refractivity (Wildman–Crippen MR) is 134 cm³/mol. The number of cyclic esters (lactones) is 1. The molecule has 196 valence electrons. The molecule has 5 unspecified atom stereocenters. The van der Waals surface area contributed by atoms with Crippen molar-refractivity contribution in [1.82, 2.24) is 15.5 Å². The average Bonchev–Trinajstić information content (AvgIpc) is 3.29. The smallest absolute Gasteiger partial charge is 0.310 e. The third kappa shape index (κ3) is 5.90. The second-order valence-electron chi connectivity index (χ2n) is 10.2. The summed E-state index contributed by atoms with van der Waals surface area (Å²) in [6.45, 7) is 11.3. The zero-order chi connectivity index (χ0) is 26.8. The van der Waals surface area contributed by atoms with Crippen molar-refractivity contribution in [1.29, 1.82) is 0 Å². The molecule has 1 aromatic rings. The van der Waals surface area contributed by atoms with E-state index in [4.69, 9.17) is 21.1 Å². The number of nitrogens with one attached hydrogen (secondary N) is 2. The number of nitrogens with zero attached hydrogens (tertiary/aromatic N) is 1. The van der Waals surface area contributed by atoms with Crippen LogP contribution in [0.15, 0.2) is 36.0 Å². The molecule has 0 aromatic heterocycles. The molecule has 36 heavy (non-hydrogen) atoms. The molecule has 0 radical (unpaired) electrons. The predicted octanol–water partition coefficient (Wildman–Crippen LogP) is 3.03. The molecular formula is C26H34ClN3O6. The molecule has 0 saturated carbocycles. The highest BCUT2D eigenvalue weighted by Crippen LogP contribution is 2.32. The molecule has 0 spiro atoms. The summed E-state index contributed by atoms with van der Waals surface area (Å²) in [7, 11) is 0. The number of hydrogen-bond acceptors (Lipinski definition) is 6. The molecule has 2 heterocycles. The summed E-state index contributed by atoms with van der Waals surface area (Å²) in [6.07, 6.45) is 0.753. The lowest BCUT2D eigenvalue weighted by atomic mass is 9.85. The van der Waals surface area contributed by atoms with Crippen molar-refractivity contribution in [2.75, 3.05) is 6.61 Å². The maximum atomic E-state index is 13.9. The highest BCUT2D eigenvalue weighted by molar-refractivity contribution is 6.33. The van der Waals surface area contributed by atoms with E-state index in [0.29, 0.717) is 6.61 Å².